The minimum atomic E-state index is 0.243. The molecule has 19 heavy (non-hydrogen) atoms. The highest BCUT2D eigenvalue weighted by Crippen LogP contribution is 2.34. The standard InChI is InChI=1S/C15H23N3S/c1-5-15(6-2,19-4)10-18-13-8-7-11(3)9-12(13)17-14(18)16/h7-9H,5-6,10H2,1-4H3,(H2,16,17). The van der Waals surface area contributed by atoms with Gasteiger partial charge in [0.15, 0.2) is 0 Å². The number of nitrogens with zero attached hydrogens (tertiary/aromatic N) is 2. The average molecular weight is 277 g/mol. The maximum absolute atomic E-state index is 6.12. The molecule has 0 saturated carbocycles. The monoisotopic (exact) mass is 277 g/mol. The number of imidazole rings is 1. The van der Waals surface area contributed by atoms with Crippen molar-refractivity contribution in [3.63, 3.8) is 0 Å². The topological polar surface area (TPSA) is 43.8 Å². The van der Waals surface area contributed by atoms with E-state index in [1.165, 1.54) is 5.56 Å². The molecule has 0 fully saturated rings. The predicted molar refractivity (Wildman–Crippen MR) is 85.7 cm³/mol. The zero-order valence-electron chi connectivity index (χ0n) is 12.2. The van der Waals surface area contributed by atoms with Crippen LogP contribution in [0.2, 0.25) is 0 Å². The van der Waals surface area contributed by atoms with E-state index in [1.54, 1.807) is 0 Å². The number of aryl methyl sites for hydroxylation is 1. The molecule has 0 amide bonds. The van der Waals surface area contributed by atoms with Gasteiger partial charge in [0.2, 0.25) is 5.95 Å². The van der Waals surface area contributed by atoms with E-state index in [9.17, 15) is 0 Å². The van der Waals surface area contributed by atoms with Crippen LogP contribution in [0.25, 0.3) is 11.0 Å². The molecular formula is C15H23N3S. The SMILES string of the molecule is CCC(CC)(Cn1c(N)nc2cc(C)ccc21)SC. The molecule has 0 aliphatic carbocycles. The summed E-state index contributed by atoms with van der Waals surface area (Å²) >= 11 is 1.93. The summed E-state index contributed by atoms with van der Waals surface area (Å²) in [5, 5.41) is 0. The Morgan fingerprint density at radius 3 is 2.58 bits per heavy atom. The molecule has 1 aromatic carbocycles. The van der Waals surface area contributed by atoms with E-state index in [4.69, 9.17) is 5.73 Å². The van der Waals surface area contributed by atoms with Crippen molar-refractivity contribution in [3.05, 3.63) is 23.8 Å². The van der Waals surface area contributed by atoms with Crippen molar-refractivity contribution in [2.45, 2.75) is 44.9 Å². The number of rotatable bonds is 5. The Hall–Kier alpha value is -1.16. The van der Waals surface area contributed by atoms with Gasteiger partial charge in [0.1, 0.15) is 0 Å². The van der Waals surface area contributed by atoms with Crippen molar-refractivity contribution in [1.29, 1.82) is 0 Å². The van der Waals surface area contributed by atoms with E-state index in [0.29, 0.717) is 5.95 Å². The fourth-order valence-electron chi connectivity index (χ4n) is 2.54. The number of fused-ring (bicyclic) bond motifs is 1. The van der Waals surface area contributed by atoms with Crippen LogP contribution < -0.4 is 5.73 Å². The fraction of sp³-hybridized carbons (Fsp3) is 0.533. The summed E-state index contributed by atoms with van der Waals surface area (Å²) in [6, 6.07) is 6.35. The Kier molecular flexibility index (Phi) is 4.09. The summed E-state index contributed by atoms with van der Waals surface area (Å²) in [6.07, 6.45) is 4.46. The number of hydrogen-bond acceptors (Lipinski definition) is 3. The van der Waals surface area contributed by atoms with Crippen LogP contribution in [0.1, 0.15) is 32.3 Å². The van der Waals surface area contributed by atoms with Gasteiger partial charge in [-0.25, -0.2) is 4.98 Å². The maximum Gasteiger partial charge on any atom is 0.201 e. The minimum Gasteiger partial charge on any atom is -0.369 e. The molecule has 0 unspecified atom stereocenters. The minimum absolute atomic E-state index is 0.243. The number of hydrogen-bond donors (Lipinski definition) is 1. The lowest BCUT2D eigenvalue weighted by Gasteiger charge is -2.30. The highest BCUT2D eigenvalue weighted by molar-refractivity contribution is 8.00. The van der Waals surface area contributed by atoms with Crippen LogP contribution in [0, 0.1) is 6.92 Å². The second kappa shape index (κ2) is 5.45. The van der Waals surface area contributed by atoms with Gasteiger partial charge in [-0.1, -0.05) is 19.9 Å². The van der Waals surface area contributed by atoms with Gasteiger partial charge in [-0.2, -0.15) is 11.8 Å². The maximum atomic E-state index is 6.12. The molecule has 1 heterocycles. The third-order valence-electron chi connectivity index (χ3n) is 4.10. The number of aromatic nitrogens is 2. The summed E-state index contributed by atoms with van der Waals surface area (Å²) in [5.41, 5.74) is 9.48. The van der Waals surface area contributed by atoms with Crippen LogP contribution in [0.15, 0.2) is 18.2 Å². The number of nitrogen functional groups attached to an aromatic ring is 1. The fourth-order valence-corrected chi connectivity index (χ4v) is 3.38. The van der Waals surface area contributed by atoms with Gasteiger partial charge in [-0.05, 0) is 43.7 Å². The molecule has 2 rings (SSSR count). The van der Waals surface area contributed by atoms with E-state index in [0.717, 1.165) is 30.4 Å². The molecule has 0 atom stereocenters. The van der Waals surface area contributed by atoms with Crippen molar-refractivity contribution < 1.29 is 0 Å². The first kappa shape index (κ1) is 14.3. The smallest absolute Gasteiger partial charge is 0.201 e. The first-order valence-corrected chi connectivity index (χ1v) is 8.05. The number of nitrogens with two attached hydrogens (primary N) is 1. The first-order valence-electron chi connectivity index (χ1n) is 6.82. The Balaban J connectivity index is 2.47. The molecule has 2 aromatic rings. The summed E-state index contributed by atoms with van der Waals surface area (Å²) in [4.78, 5) is 4.49. The van der Waals surface area contributed by atoms with Crippen molar-refractivity contribution >= 4 is 28.7 Å². The molecular weight excluding hydrogens is 254 g/mol. The Morgan fingerprint density at radius 2 is 2.00 bits per heavy atom. The molecule has 0 aliphatic heterocycles. The van der Waals surface area contributed by atoms with Crippen molar-refractivity contribution in [3.8, 4) is 0 Å². The van der Waals surface area contributed by atoms with Gasteiger partial charge in [-0.3, -0.25) is 0 Å². The Bertz CT molecular complexity index is 562. The second-order valence-electron chi connectivity index (χ2n) is 5.14. The molecule has 1 aromatic heterocycles. The second-order valence-corrected chi connectivity index (χ2v) is 6.42. The Labute approximate surface area is 119 Å². The molecule has 2 N–H and O–H groups in total. The van der Waals surface area contributed by atoms with Crippen LogP contribution in [0.5, 0.6) is 0 Å². The van der Waals surface area contributed by atoms with Crippen LogP contribution >= 0.6 is 11.8 Å². The van der Waals surface area contributed by atoms with Gasteiger partial charge in [0.05, 0.1) is 11.0 Å². The number of benzene rings is 1. The van der Waals surface area contributed by atoms with E-state index >= 15 is 0 Å². The van der Waals surface area contributed by atoms with Crippen molar-refractivity contribution in [2.24, 2.45) is 0 Å². The molecule has 0 saturated heterocycles. The lowest BCUT2D eigenvalue weighted by atomic mass is 10.0. The van der Waals surface area contributed by atoms with Crippen LogP contribution in [-0.2, 0) is 6.54 Å². The van der Waals surface area contributed by atoms with Crippen LogP contribution in [0.3, 0.4) is 0 Å². The van der Waals surface area contributed by atoms with Gasteiger partial charge in [0, 0.05) is 11.3 Å². The van der Waals surface area contributed by atoms with Crippen molar-refractivity contribution in [2.75, 3.05) is 12.0 Å². The molecule has 0 radical (unpaired) electrons. The largest absolute Gasteiger partial charge is 0.369 e. The van der Waals surface area contributed by atoms with Crippen molar-refractivity contribution in [1.82, 2.24) is 9.55 Å². The summed E-state index contributed by atoms with van der Waals surface area (Å²) in [7, 11) is 0. The van der Waals surface area contributed by atoms with E-state index < -0.39 is 0 Å². The zero-order chi connectivity index (χ0) is 14.0. The highest BCUT2D eigenvalue weighted by Gasteiger charge is 2.27. The molecule has 0 bridgehead atoms. The summed E-state index contributed by atoms with van der Waals surface area (Å²) in [5.74, 6) is 0.626. The number of thioether (sulfide) groups is 1. The summed E-state index contributed by atoms with van der Waals surface area (Å²) < 4.78 is 2.41. The number of anilines is 1. The van der Waals surface area contributed by atoms with E-state index in [1.807, 2.05) is 11.8 Å². The molecule has 0 aliphatic rings. The van der Waals surface area contributed by atoms with Gasteiger partial charge >= 0.3 is 0 Å². The first-order chi connectivity index (χ1) is 9.05. The summed E-state index contributed by atoms with van der Waals surface area (Å²) in [6.45, 7) is 7.50. The van der Waals surface area contributed by atoms with Crippen LogP contribution in [-0.4, -0.2) is 20.6 Å². The normalized spacial score (nSPS) is 12.2. The lowest BCUT2D eigenvalue weighted by Crippen LogP contribution is -2.29. The van der Waals surface area contributed by atoms with Gasteiger partial charge in [0.25, 0.3) is 0 Å². The molecule has 3 nitrogen and oxygen atoms in total. The van der Waals surface area contributed by atoms with Crippen LogP contribution in [0.4, 0.5) is 5.95 Å². The zero-order valence-corrected chi connectivity index (χ0v) is 13.0. The van der Waals surface area contributed by atoms with Gasteiger partial charge in [-0.15, -0.1) is 0 Å². The van der Waals surface area contributed by atoms with E-state index in [2.05, 4.69) is 54.8 Å². The third kappa shape index (κ3) is 2.59. The van der Waals surface area contributed by atoms with E-state index in [-0.39, 0.29) is 4.75 Å². The third-order valence-corrected chi connectivity index (χ3v) is 5.67. The quantitative estimate of drug-likeness (QED) is 0.902. The molecule has 4 heteroatoms. The van der Waals surface area contributed by atoms with Gasteiger partial charge < -0.3 is 10.3 Å². The predicted octanol–water partition coefficient (Wildman–Crippen LogP) is 3.85. The molecule has 0 spiro atoms. The Morgan fingerprint density at radius 1 is 1.32 bits per heavy atom. The lowest BCUT2D eigenvalue weighted by molar-refractivity contribution is 0.476. The average Bonchev–Trinajstić information content (AvgIpc) is 2.71. The molecule has 104 valence electrons. The highest BCUT2D eigenvalue weighted by atomic mass is 32.2.